The lowest BCUT2D eigenvalue weighted by Crippen LogP contribution is -2.14. The highest BCUT2D eigenvalue weighted by molar-refractivity contribution is 5.91. The van der Waals surface area contributed by atoms with Crippen molar-refractivity contribution in [1.29, 1.82) is 0 Å². The molecule has 0 bridgehead atoms. The van der Waals surface area contributed by atoms with Gasteiger partial charge in [-0.1, -0.05) is 63.6 Å². The molecule has 0 fully saturated rings. The number of nitrogens with one attached hydrogen (secondary N) is 2. The summed E-state index contributed by atoms with van der Waals surface area (Å²) in [6.45, 7) is 3.00. The lowest BCUT2D eigenvalue weighted by Gasteiger charge is -2.10. The van der Waals surface area contributed by atoms with E-state index in [1.54, 1.807) is 0 Å². The van der Waals surface area contributed by atoms with Crippen LogP contribution in [0.2, 0.25) is 0 Å². The molecule has 1 rings (SSSR count). The molecule has 118 valence electrons. The minimum absolute atomic E-state index is 0.132. The van der Waals surface area contributed by atoms with Crippen molar-refractivity contribution < 1.29 is 4.79 Å². The highest BCUT2D eigenvalue weighted by Crippen LogP contribution is 2.15. The first kappa shape index (κ1) is 17.7. The van der Waals surface area contributed by atoms with Gasteiger partial charge in [0.05, 0.1) is 0 Å². The first-order chi connectivity index (χ1) is 10.3. The molecule has 0 heterocycles. The van der Waals surface area contributed by atoms with Crippen molar-refractivity contribution in [2.24, 2.45) is 0 Å². The van der Waals surface area contributed by atoms with E-state index in [2.05, 4.69) is 17.6 Å². The SMILES string of the molecule is CCCCCCCCCC(=O)Nc1ccccc1CNC. The molecule has 3 heteroatoms. The molecule has 0 unspecified atom stereocenters. The summed E-state index contributed by atoms with van der Waals surface area (Å²) in [5.41, 5.74) is 2.06. The zero-order valence-corrected chi connectivity index (χ0v) is 13.6. The van der Waals surface area contributed by atoms with Crippen LogP contribution in [0.25, 0.3) is 0 Å². The Hall–Kier alpha value is -1.35. The van der Waals surface area contributed by atoms with Gasteiger partial charge in [0.2, 0.25) is 5.91 Å². The summed E-state index contributed by atoms with van der Waals surface area (Å²) in [7, 11) is 1.91. The Morgan fingerprint density at radius 2 is 1.67 bits per heavy atom. The molecule has 0 radical (unpaired) electrons. The molecular weight excluding hydrogens is 260 g/mol. The van der Waals surface area contributed by atoms with Gasteiger partial charge in [0.25, 0.3) is 0 Å². The monoisotopic (exact) mass is 290 g/mol. The van der Waals surface area contributed by atoms with E-state index in [1.165, 1.54) is 32.1 Å². The Morgan fingerprint density at radius 3 is 2.38 bits per heavy atom. The van der Waals surface area contributed by atoms with Gasteiger partial charge in [-0.15, -0.1) is 0 Å². The van der Waals surface area contributed by atoms with Crippen LogP contribution in [0.1, 0.15) is 63.9 Å². The maximum absolute atomic E-state index is 12.0. The Morgan fingerprint density at radius 1 is 1.00 bits per heavy atom. The van der Waals surface area contributed by atoms with Crippen molar-refractivity contribution in [3.05, 3.63) is 29.8 Å². The van der Waals surface area contributed by atoms with E-state index < -0.39 is 0 Å². The van der Waals surface area contributed by atoms with Gasteiger partial charge in [-0.25, -0.2) is 0 Å². The highest BCUT2D eigenvalue weighted by atomic mass is 16.1. The lowest BCUT2D eigenvalue weighted by molar-refractivity contribution is -0.116. The quantitative estimate of drug-likeness (QED) is 0.590. The molecule has 1 aromatic carbocycles. The van der Waals surface area contributed by atoms with E-state index in [1.807, 2.05) is 31.3 Å². The summed E-state index contributed by atoms with van der Waals surface area (Å²) in [5, 5.41) is 6.15. The summed E-state index contributed by atoms with van der Waals surface area (Å²) in [5.74, 6) is 0.132. The van der Waals surface area contributed by atoms with Crippen molar-refractivity contribution >= 4 is 11.6 Å². The van der Waals surface area contributed by atoms with Crippen LogP contribution in [0.4, 0.5) is 5.69 Å². The van der Waals surface area contributed by atoms with Gasteiger partial charge in [-0.05, 0) is 25.1 Å². The Kier molecular flexibility index (Phi) is 9.55. The van der Waals surface area contributed by atoms with Crippen molar-refractivity contribution in [3.63, 3.8) is 0 Å². The molecule has 21 heavy (non-hydrogen) atoms. The zero-order chi connectivity index (χ0) is 15.3. The maximum atomic E-state index is 12.0. The van der Waals surface area contributed by atoms with Gasteiger partial charge in [0, 0.05) is 18.7 Å². The minimum Gasteiger partial charge on any atom is -0.326 e. The second-order valence-electron chi connectivity index (χ2n) is 5.61. The third-order valence-electron chi connectivity index (χ3n) is 3.67. The van der Waals surface area contributed by atoms with Crippen molar-refractivity contribution in [3.8, 4) is 0 Å². The van der Waals surface area contributed by atoms with Crippen molar-refractivity contribution in [2.45, 2.75) is 64.8 Å². The molecule has 0 aliphatic heterocycles. The fourth-order valence-electron chi connectivity index (χ4n) is 2.44. The molecule has 0 saturated carbocycles. The average molecular weight is 290 g/mol. The van der Waals surface area contributed by atoms with E-state index in [4.69, 9.17) is 0 Å². The fourth-order valence-corrected chi connectivity index (χ4v) is 2.44. The Balaban J connectivity index is 2.21. The van der Waals surface area contributed by atoms with E-state index >= 15 is 0 Å². The Labute approximate surface area is 129 Å². The van der Waals surface area contributed by atoms with E-state index in [0.29, 0.717) is 6.42 Å². The van der Waals surface area contributed by atoms with Crippen LogP contribution in [-0.4, -0.2) is 13.0 Å². The smallest absolute Gasteiger partial charge is 0.224 e. The van der Waals surface area contributed by atoms with Crippen LogP contribution in [0.5, 0.6) is 0 Å². The molecule has 0 spiro atoms. The molecule has 2 N–H and O–H groups in total. The van der Waals surface area contributed by atoms with Gasteiger partial charge in [0.15, 0.2) is 0 Å². The van der Waals surface area contributed by atoms with Gasteiger partial charge >= 0.3 is 0 Å². The molecule has 0 aliphatic rings. The molecule has 1 aromatic rings. The highest BCUT2D eigenvalue weighted by Gasteiger charge is 2.05. The summed E-state index contributed by atoms with van der Waals surface area (Å²) in [6.07, 6.45) is 9.30. The summed E-state index contributed by atoms with van der Waals surface area (Å²) < 4.78 is 0. The molecule has 3 nitrogen and oxygen atoms in total. The number of amides is 1. The molecule has 0 aliphatic carbocycles. The van der Waals surface area contributed by atoms with Crippen LogP contribution in [0.15, 0.2) is 24.3 Å². The predicted molar refractivity (Wildman–Crippen MR) is 90.4 cm³/mol. The largest absolute Gasteiger partial charge is 0.326 e. The molecule has 0 saturated heterocycles. The first-order valence-corrected chi connectivity index (χ1v) is 8.30. The number of hydrogen-bond acceptors (Lipinski definition) is 2. The predicted octanol–water partition coefficient (Wildman–Crippen LogP) is 4.49. The third kappa shape index (κ3) is 7.86. The van der Waals surface area contributed by atoms with Gasteiger partial charge < -0.3 is 10.6 Å². The maximum Gasteiger partial charge on any atom is 0.224 e. The van der Waals surface area contributed by atoms with E-state index in [9.17, 15) is 4.79 Å². The summed E-state index contributed by atoms with van der Waals surface area (Å²) in [6, 6.07) is 7.97. The second-order valence-corrected chi connectivity index (χ2v) is 5.61. The van der Waals surface area contributed by atoms with Gasteiger partial charge in [-0.3, -0.25) is 4.79 Å². The van der Waals surface area contributed by atoms with Gasteiger partial charge in [0.1, 0.15) is 0 Å². The van der Waals surface area contributed by atoms with Crippen LogP contribution >= 0.6 is 0 Å². The van der Waals surface area contributed by atoms with Crippen LogP contribution in [-0.2, 0) is 11.3 Å². The number of anilines is 1. The Bertz CT molecular complexity index is 404. The van der Waals surface area contributed by atoms with E-state index in [-0.39, 0.29) is 5.91 Å². The topological polar surface area (TPSA) is 41.1 Å². The van der Waals surface area contributed by atoms with Crippen LogP contribution in [0.3, 0.4) is 0 Å². The number of carbonyl (C=O) groups excluding carboxylic acids is 1. The average Bonchev–Trinajstić information content (AvgIpc) is 2.48. The zero-order valence-electron chi connectivity index (χ0n) is 13.6. The van der Waals surface area contributed by atoms with E-state index in [0.717, 1.165) is 30.6 Å². The number of rotatable bonds is 11. The second kappa shape index (κ2) is 11.3. The number of para-hydroxylation sites is 1. The van der Waals surface area contributed by atoms with Crippen LogP contribution in [0, 0.1) is 0 Å². The van der Waals surface area contributed by atoms with Crippen LogP contribution < -0.4 is 10.6 Å². The number of unbranched alkanes of at least 4 members (excludes halogenated alkanes) is 6. The lowest BCUT2D eigenvalue weighted by atomic mass is 10.1. The normalized spacial score (nSPS) is 10.6. The van der Waals surface area contributed by atoms with Gasteiger partial charge in [-0.2, -0.15) is 0 Å². The number of hydrogen-bond donors (Lipinski definition) is 2. The number of carbonyl (C=O) groups is 1. The standard InChI is InChI=1S/C18H30N2O/c1-3-4-5-6-7-8-9-14-18(21)20-17-13-11-10-12-16(17)15-19-2/h10-13,19H,3-9,14-15H2,1-2H3,(H,20,21). The first-order valence-electron chi connectivity index (χ1n) is 8.30. The minimum atomic E-state index is 0.132. The van der Waals surface area contributed by atoms with Crippen molar-refractivity contribution in [1.82, 2.24) is 5.32 Å². The third-order valence-corrected chi connectivity index (χ3v) is 3.67. The molecular formula is C18H30N2O. The summed E-state index contributed by atoms with van der Waals surface area (Å²) >= 11 is 0. The number of benzene rings is 1. The molecule has 1 amide bonds. The fraction of sp³-hybridized carbons (Fsp3) is 0.611. The molecule has 0 atom stereocenters. The molecule has 0 aromatic heterocycles. The summed E-state index contributed by atoms with van der Waals surface area (Å²) in [4.78, 5) is 12.0. The van der Waals surface area contributed by atoms with Crippen molar-refractivity contribution in [2.75, 3.05) is 12.4 Å².